The molecule has 0 saturated carbocycles. The number of hydrogen-bond acceptors (Lipinski definition) is 4. The van der Waals surface area contributed by atoms with Crippen LogP contribution >= 0.6 is 0 Å². The van der Waals surface area contributed by atoms with Gasteiger partial charge in [0.1, 0.15) is 11.6 Å². The van der Waals surface area contributed by atoms with E-state index in [0.717, 1.165) is 0 Å². The van der Waals surface area contributed by atoms with Crippen LogP contribution in [0.25, 0.3) is 5.69 Å². The molecule has 2 amide bonds. The van der Waals surface area contributed by atoms with Crippen molar-refractivity contribution in [3.8, 4) is 11.4 Å². The molecule has 1 aliphatic heterocycles. The molecule has 7 nitrogen and oxygen atoms in total. The average molecular weight is 352 g/mol. The maximum atomic E-state index is 14.3. The molecule has 3 aromatic rings. The molecule has 8 heteroatoms. The largest absolute Gasteiger partial charge is 0.482 e. The number of hydrogen-bond donors (Lipinski definition) is 2. The lowest BCUT2D eigenvalue weighted by atomic mass is 10.1. The third-order valence-corrected chi connectivity index (χ3v) is 3.86. The molecule has 2 aromatic carbocycles. The van der Waals surface area contributed by atoms with E-state index in [9.17, 15) is 14.0 Å². The molecule has 0 bridgehead atoms. The van der Waals surface area contributed by atoms with Crippen LogP contribution in [0, 0.1) is 5.82 Å². The van der Waals surface area contributed by atoms with Crippen LogP contribution in [0.2, 0.25) is 0 Å². The first kappa shape index (κ1) is 15.8. The summed E-state index contributed by atoms with van der Waals surface area (Å²) in [6, 6.07) is 9.07. The van der Waals surface area contributed by atoms with Crippen molar-refractivity contribution in [2.45, 2.75) is 0 Å². The van der Waals surface area contributed by atoms with Crippen LogP contribution < -0.4 is 15.4 Å². The first-order chi connectivity index (χ1) is 12.6. The van der Waals surface area contributed by atoms with E-state index in [1.165, 1.54) is 23.0 Å². The average Bonchev–Trinajstić information content (AvgIpc) is 3.15. The number of imidazole rings is 1. The summed E-state index contributed by atoms with van der Waals surface area (Å²) in [7, 11) is 0. The van der Waals surface area contributed by atoms with E-state index in [-0.39, 0.29) is 12.5 Å². The minimum absolute atomic E-state index is 0.0982. The second kappa shape index (κ2) is 6.32. The third-order valence-electron chi connectivity index (χ3n) is 3.86. The first-order valence-corrected chi connectivity index (χ1v) is 7.76. The summed E-state index contributed by atoms with van der Waals surface area (Å²) >= 11 is 0. The fourth-order valence-corrected chi connectivity index (χ4v) is 2.61. The number of anilines is 2. The van der Waals surface area contributed by atoms with Crippen molar-refractivity contribution in [1.29, 1.82) is 0 Å². The second-order valence-corrected chi connectivity index (χ2v) is 5.64. The maximum absolute atomic E-state index is 14.3. The second-order valence-electron chi connectivity index (χ2n) is 5.64. The highest BCUT2D eigenvalue weighted by Crippen LogP contribution is 2.29. The monoisotopic (exact) mass is 352 g/mol. The fourth-order valence-electron chi connectivity index (χ4n) is 2.61. The van der Waals surface area contributed by atoms with Gasteiger partial charge < -0.3 is 19.9 Å². The van der Waals surface area contributed by atoms with Gasteiger partial charge >= 0.3 is 0 Å². The highest BCUT2D eigenvalue weighted by molar-refractivity contribution is 6.05. The molecule has 0 saturated heterocycles. The van der Waals surface area contributed by atoms with E-state index in [1.807, 2.05) is 0 Å². The number of nitrogens with zero attached hydrogens (tertiary/aromatic N) is 2. The summed E-state index contributed by atoms with van der Waals surface area (Å²) in [5.74, 6) is -0.734. The van der Waals surface area contributed by atoms with Crippen molar-refractivity contribution in [2.75, 3.05) is 17.2 Å². The molecule has 0 radical (unpaired) electrons. The van der Waals surface area contributed by atoms with Crippen molar-refractivity contribution in [3.63, 3.8) is 0 Å². The summed E-state index contributed by atoms with van der Waals surface area (Å²) in [5, 5.41) is 5.29. The van der Waals surface area contributed by atoms with Gasteiger partial charge in [0.25, 0.3) is 11.8 Å². The third kappa shape index (κ3) is 3.00. The van der Waals surface area contributed by atoms with Gasteiger partial charge in [-0.2, -0.15) is 0 Å². The van der Waals surface area contributed by atoms with Crippen LogP contribution in [0.5, 0.6) is 5.75 Å². The van der Waals surface area contributed by atoms with Gasteiger partial charge in [-0.25, -0.2) is 9.37 Å². The SMILES string of the molecule is O=C1COc2cc(C(=O)Nc3ccc(-n4ccnc4)c(F)c3)ccc2N1. The number of amides is 2. The molecule has 0 aliphatic carbocycles. The van der Waals surface area contributed by atoms with E-state index in [2.05, 4.69) is 15.6 Å². The smallest absolute Gasteiger partial charge is 0.262 e. The molecule has 4 rings (SSSR count). The zero-order chi connectivity index (χ0) is 18.1. The van der Waals surface area contributed by atoms with Crippen LogP contribution in [0.3, 0.4) is 0 Å². The number of aromatic nitrogens is 2. The number of halogens is 1. The Morgan fingerprint density at radius 3 is 2.92 bits per heavy atom. The summed E-state index contributed by atoms with van der Waals surface area (Å²) in [6.45, 7) is -0.0982. The standard InChI is InChI=1S/C18H13FN4O3/c19-13-8-12(2-4-15(13)23-6-5-20-10-23)21-18(25)11-1-3-14-16(7-11)26-9-17(24)22-14/h1-8,10H,9H2,(H,21,25)(H,22,24). The topological polar surface area (TPSA) is 85.2 Å². The summed E-state index contributed by atoms with van der Waals surface area (Å²) in [6.07, 6.45) is 4.67. The van der Waals surface area contributed by atoms with Gasteiger partial charge in [0.15, 0.2) is 6.61 Å². The molecular formula is C18H13FN4O3. The number of nitrogens with one attached hydrogen (secondary N) is 2. The molecule has 2 heterocycles. The van der Waals surface area contributed by atoms with Crippen LogP contribution in [-0.2, 0) is 4.79 Å². The van der Waals surface area contributed by atoms with Gasteiger partial charge in [0.2, 0.25) is 0 Å². The quantitative estimate of drug-likeness (QED) is 0.759. The lowest BCUT2D eigenvalue weighted by Crippen LogP contribution is -2.25. The van der Waals surface area contributed by atoms with Crippen molar-refractivity contribution in [1.82, 2.24) is 9.55 Å². The first-order valence-electron chi connectivity index (χ1n) is 7.76. The zero-order valence-electron chi connectivity index (χ0n) is 13.4. The molecule has 0 spiro atoms. The molecule has 2 N–H and O–H groups in total. The Balaban J connectivity index is 1.53. The number of rotatable bonds is 3. The van der Waals surface area contributed by atoms with Crippen LogP contribution in [0.4, 0.5) is 15.8 Å². The highest BCUT2D eigenvalue weighted by Gasteiger charge is 2.18. The van der Waals surface area contributed by atoms with E-state index < -0.39 is 11.7 Å². The van der Waals surface area contributed by atoms with E-state index >= 15 is 0 Å². The Morgan fingerprint density at radius 1 is 1.27 bits per heavy atom. The highest BCUT2D eigenvalue weighted by atomic mass is 19.1. The van der Waals surface area contributed by atoms with E-state index in [4.69, 9.17) is 4.74 Å². The number of benzene rings is 2. The number of ether oxygens (including phenoxy) is 1. The van der Waals surface area contributed by atoms with Crippen molar-refractivity contribution in [3.05, 3.63) is 66.5 Å². The molecule has 0 fully saturated rings. The Kier molecular flexibility index (Phi) is 3.85. The minimum atomic E-state index is -0.489. The molecule has 1 aliphatic rings. The van der Waals surface area contributed by atoms with Gasteiger partial charge in [0.05, 0.1) is 17.7 Å². The van der Waals surface area contributed by atoms with Crippen molar-refractivity contribution in [2.24, 2.45) is 0 Å². The van der Waals surface area contributed by atoms with E-state index in [1.54, 1.807) is 36.7 Å². The van der Waals surface area contributed by atoms with Gasteiger partial charge in [-0.05, 0) is 36.4 Å². The van der Waals surface area contributed by atoms with Crippen LogP contribution in [0.1, 0.15) is 10.4 Å². The Hall–Kier alpha value is -3.68. The predicted molar refractivity (Wildman–Crippen MR) is 92.0 cm³/mol. The lowest BCUT2D eigenvalue weighted by Gasteiger charge is -2.18. The van der Waals surface area contributed by atoms with Gasteiger partial charge in [-0.1, -0.05) is 0 Å². The van der Waals surface area contributed by atoms with Crippen molar-refractivity contribution < 1.29 is 18.7 Å². The zero-order valence-corrected chi connectivity index (χ0v) is 13.4. The maximum Gasteiger partial charge on any atom is 0.262 e. The molecule has 26 heavy (non-hydrogen) atoms. The van der Waals surface area contributed by atoms with Crippen LogP contribution in [-0.4, -0.2) is 28.0 Å². The van der Waals surface area contributed by atoms with Gasteiger partial charge in [-0.15, -0.1) is 0 Å². The number of carbonyl (C=O) groups is 2. The number of fused-ring (bicyclic) bond motifs is 1. The number of carbonyl (C=O) groups excluding carboxylic acids is 2. The van der Waals surface area contributed by atoms with Gasteiger partial charge in [-0.3, -0.25) is 9.59 Å². The van der Waals surface area contributed by atoms with Crippen molar-refractivity contribution >= 4 is 23.2 Å². The molecular weight excluding hydrogens is 339 g/mol. The van der Waals surface area contributed by atoms with E-state index in [0.29, 0.717) is 28.4 Å². The molecule has 0 unspecified atom stereocenters. The summed E-state index contributed by atoms with van der Waals surface area (Å²) in [4.78, 5) is 27.5. The Bertz CT molecular complexity index is 1000. The molecule has 1 aromatic heterocycles. The van der Waals surface area contributed by atoms with Crippen LogP contribution in [0.15, 0.2) is 55.1 Å². The molecule has 130 valence electrons. The summed E-state index contributed by atoms with van der Waals surface area (Å²) in [5.41, 5.74) is 1.49. The summed E-state index contributed by atoms with van der Waals surface area (Å²) < 4.78 is 21.1. The normalized spacial score (nSPS) is 12.7. The Morgan fingerprint density at radius 2 is 2.15 bits per heavy atom. The molecule has 0 atom stereocenters. The predicted octanol–water partition coefficient (Wildman–Crippen LogP) is 2.59. The minimum Gasteiger partial charge on any atom is -0.482 e. The Labute approximate surface area is 147 Å². The lowest BCUT2D eigenvalue weighted by molar-refractivity contribution is -0.118. The van der Waals surface area contributed by atoms with Gasteiger partial charge in [0, 0.05) is 23.6 Å². The fraction of sp³-hybridized carbons (Fsp3) is 0.0556.